The molecule has 1 saturated heterocycles. The van der Waals surface area contributed by atoms with E-state index in [1.54, 1.807) is 30.3 Å². The minimum absolute atomic E-state index is 0.00139. The van der Waals surface area contributed by atoms with Gasteiger partial charge in [-0.05, 0) is 60.6 Å². The van der Waals surface area contributed by atoms with Gasteiger partial charge in [-0.3, -0.25) is 0 Å². The van der Waals surface area contributed by atoms with Crippen LogP contribution in [0.2, 0.25) is 0 Å². The smallest absolute Gasteiger partial charge is 0.164 e. The van der Waals surface area contributed by atoms with E-state index in [-0.39, 0.29) is 28.7 Å². The van der Waals surface area contributed by atoms with E-state index in [0.717, 1.165) is 36.1 Å². The molecule has 0 radical (unpaired) electrons. The van der Waals surface area contributed by atoms with Crippen LogP contribution in [0, 0.1) is 28.8 Å². The van der Waals surface area contributed by atoms with Crippen LogP contribution in [0.1, 0.15) is 47.4 Å². The molecule has 3 nitrogen and oxygen atoms in total. The third-order valence-electron chi connectivity index (χ3n) is 6.77. The van der Waals surface area contributed by atoms with E-state index >= 15 is 0 Å². The second kappa shape index (κ2) is 12.3. The Morgan fingerprint density at radius 3 is 2.26 bits per heavy atom. The monoisotopic (exact) mass is 527 g/mol. The molecule has 1 fully saturated rings. The summed E-state index contributed by atoms with van der Waals surface area (Å²) in [5, 5.41) is 8.81. The number of hydrogen-bond acceptors (Lipinski definition) is 3. The van der Waals surface area contributed by atoms with E-state index in [4.69, 9.17) is 10.00 Å². The number of nitriles is 1. The zero-order valence-electron chi connectivity index (χ0n) is 20.7. The average molecular weight is 528 g/mol. The Morgan fingerprint density at radius 1 is 0.974 bits per heavy atom. The summed E-state index contributed by atoms with van der Waals surface area (Å²) in [5.41, 5.74) is 1.26. The van der Waals surface area contributed by atoms with Crippen LogP contribution in [0.5, 0.6) is 0 Å². The van der Waals surface area contributed by atoms with Crippen LogP contribution in [-0.2, 0) is 15.9 Å². The number of halogens is 5. The average Bonchev–Trinajstić information content (AvgIpc) is 2.92. The van der Waals surface area contributed by atoms with Crippen molar-refractivity contribution < 1.29 is 31.4 Å². The summed E-state index contributed by atoms with van der Waals surface area (Å²) in [5.74, 6) is -4.41. The van der Waals surface area contributed by atoms with Crippen molar-refractivity contribution in [1.82, 2.24) is 0 Å². The molecule has 38 heavy (non-hydrogen) atoms. The second-order valence-electron chi connectivity index (χ2n) is 9.28. The second-order valence-corrected chi connectivity index (χ2v) is 9.28. The van der Waals surface area contributed by atoms with Crippen LogP contribution < -0.4 is 0 Å². The van der Waals surface area contributed by atoms with Gasteiger partial charge in [0.05, 0.1) is 12.7 Å². The molecule has 0 N–H and O–H groups in total. The van der Waals surface area contributed by atoms with Gasteiger partial charge in [0.1, 0.15) is 35.7 Å². The summed E-state index contributed by atoms with van der Waals surface area (Å²) in [6.45, 7) is 0.0722. The highest BCUT2D eigenvalue weighted by Gasteiger charge is 2.23. The maximum absolute atomic E-state index is 14.8. The highest BCUT2D eigenvalue weighted by molar-refractivity contribution is 5.66. The van der Waals surface area contributed by atoms with Crippen LogP contribution in [0.3, 0.4) is 0 Å². The molecular formula is C30H26F5NO2. The lowest BCUT2D eigenvalue weighted by Crippen LogP contribution is -2.25. The first-order valence-electron chi connectivity index (χ1n) is 12.2. The van der Waals surface area contributed by atoms with Gasteiger partial charge in [0.2, 0.25) is 0 Å². The fourth-order valence-corrected chi connectivity index (χ4v) is 4.66. The fourth-order valence-electron chi connectivity index (χ4n) is 4.66. The number of benzene rings is 3. The quantitative estimate of drug-likeness (QED) is 0.281. The van der Waals surface area contributed by atoms with Crippen molar-refractivity contribution >= 4 is 5.83 Å². The summed E-state index contributed by atoms with van der Waals surface area (Å²) >= 11 is 0. The van der Waals surface area contributed by atoms with E-state index in [9.17, 15) is 22.0 Å². The van der Waals surface area contributed by atoms with Gasteiger partial charge in [-0.1, -0.05) is 36.4 Å². The Hall–Kier alpha value is -3.54. The SMILES string of the molecule is COC/C(F)=C(\F)c1ccc(C2CCC(CCc3ccc(-c4cc(F)c(C#N)c(F)c4)c(F)c3)OC2)cc1. The lowest BCUT2D eigenvalue weighted by atomic mass is 9.89. The maximum Gasteiger partial charge on any atom is 0.164 e. The van der Waals surface area contributed by atoms with Gasteiger partial charge in [-0.15, -0.1) is 0 Å². The molecule has 3 aromatic carbocycles. The van der Waals surface area contributed by atoms with Crippen molar-refractivity contribution in [2.75, 3.05) is 20.3 Å². The number of rotatable bonds is 8. The fraction of sp³-hybridized carbons (Fsp3) is 0.300. The Bertz CT molecular complexity index is 1330. The van der Waals surface area contributed by atoms with Gasteiger partial charge in [-0.2, -0.15) is 5.26 Å². The molecule has 0 aromatic heterocycles. The van der Waals surface area contributed by atoms with Gasteiger partial charge >= 0.3 is 0 Å². The van der Waals surface area contributed by atoms with E-state index in [2.05, 4.69) is 4.74 Å². The Morgan fingerprint density at radius 2 is 1.68 bits per heavy atom. The Kier molecular flexibility index (Phi) is 8.93. The van der Waals surface area contributed by atoms with Gasteiger partial charge in [0.25, 0.3) is 0 Å². The predicted octanol–water partition coefficient (Wildman–Crippen LogP) is 7.79. The molecule has 4 rings (SSSR count). The van der Waals surface area contributed by atoms with Crippen LogP contribution in [-0.4, -0.2) is 26.4 Å². The Labute approximate surface area is 218 Å². The summed E-state index contributed by atoms with van der Waals surface area (Å²) in [7, 11) is 1.30. The van der Waals surface area contributed by atoms with Gasteiger partial charge in [0, 0.05) is 24.2 Å². The summed E-state index contributed by atoms with van der Waals surface area (Å²) < 4.78 is 81.0. The first-order chi connectivity index (χ1) is 18.3. The largest absolute Gasteiger partial charge is 0.378 e. The minimum Gasteiger partial charge on any atom is -0.378 e. The highest BCUT2D eigenvalue weighted by atomic mass is 19.2. The molecule has 8 heteroatoms. The summed E-state index contributed by atoms with van der Waals surface area (Å²) in [6, 6.07) is 14.5. The molecule has 3 aromatic rings. The molecule has 198 valence electrons. The lowest BCUT2D eigenvalue weighted by molar-refractivity contribution is -0.000565. The molecule has 2 unspecified atom stereocenters. The van der Waals surface area contributed by atoms with Crippen molar-refractivity contribution in [1.29, 1.82) is 5.26 Å². The third kappa shape index (κ3) is 6.29. The van der Waals surface area contributed by atoms with Gasteiger partial charge in [-0.25, -0.2) is 22.0 Å². The van der Waals surface area contributed by atoms with E-state index in [1.807, 2.05) is 0 Å². The zero-order chi connectivity index (χ0) is 27.2. The van der Waals surface area contributed by atoms with Crippen molar-refractivity contribution in [2.24, 2.45) is 0 Å². The number of nitrogens with zero attached hydrogens (tertiary/aromatic N) is 1. The maximum atomic E-state index is 14.8. The van der Waals surface area contributed by atoms with Crippen molar-refractivity contribution in [2.45, 2.75) is 37.7 Å². The first kappa shape index (κ1) is 27.5. The standard InChI is InChI=1S/C30H26F5NO2/c1-37-17-29(34)30(35)20-6-4-19(5-7-20)21-8-10-23(38-16-21)9-2-18-3-11-24(26(31)12-18)22-13-27(32)25(15-36)28(33)14-22/h3-7,11-14,21,23H,2,8-10,16-17H2,1H3/b30-29+. The highest BCUT2D eigenvalue weighted by Crippen LogP contribution is 2.32. The van der Waals surface area contributed by atoms with Gasteiger partial charge in [0.15, 0.2) is 11.7 Å². The molecule has 2 atom stereocenters. The molecule has 0 aliphatic carbocycles. The molecule has 0 spiro atoms. The molecule has 0 amide bonds. The van der Waals surface area contributed by atoms with Crippen molar-refractivity contribution in [3.05, 3.63) is 100 Å². The predicted molar refractivity (Wildman–Crippen MR) is 134 cm³/mol. The van der Waals surface area contributed by atoms with Gasteiger partial charge < -0.3 is 9.47 Å². The number of hydrogen-bond donors (Lipinski definition) is 0. The van der Waals surface area contributed by atoms with Crippen LogP contribution >= 0.6 is 0 Å². The van der Waals surface area contributed by atoms with Crippen molar-refractivity contribution in [3.8, 4) is 17.2 Å². The minimum atomic E-state index is -1.03. The lowest BCUT2D eigenvalue weighted by Gasteiger charge is -2.29. The van der Waals surface area contributed by atoms with Crippen LogP contribution in [0.4, 0.5) is 22.0 Å². The zero-order valence-corrected chi connectivity index (χ0v) is 20.7. The summed E-state index contributed by atoms with van der Waals surface area (Å²) in [4.78, 5) is 0. The number of ether oxygens (including phenoxy) is 2. The number of aryl methyl sites for hydroxylation is 1. The molecular weight excluding hydrogens is 501 g/mol. The van der Waals surface area contributed by atoms with E-state index in [0.29, 0.717) is 19.4 Å². The first-order valence-corrected chi connectivity index (χ1v) is 12.2. The molecule has 1 heterocycles. The van der Waals surface area contributed by atoms with E-state index in [1.165, 1.54) is 25.3 Å². The normalized spacial score (nSPS) is 18.1. The summed E-state index contributed by atoms with van der Waals surface area (Å²) in [6.07, 6.45) is 2.91. The molecule has 0 bridgehead atoms. The molecule has 1 aliphatic rings. The van der Waals surface area contributed by atoms with E-state index < -0.39 is 41.3 Å². The third-order valence-corrected chi connectivity index (χ3v) is 6.77. The topological polar surface area (TPSA) is 42.2 Å². The number of methoxy groups -OCH3 is 1. The van der Waals surface area contributed by atoms with Crippen LogP contribution in [0.15, 0.2) is 60.4 Å². The molecule has 0 saturated carbocycles. The van der Waals surface area contributed by atoms with Crippen molar-refractivity contribution in [3.63, 3.8) is 0 Å². The van der Waals surface area contributed by atoms with Crippen LogP contribution in [0.25, 0.3) is 17.0 Å². The Balaban J connectivity index is 1.31. The molecule has 1 aliphatic heterocycles.